The molecular weight excluding hydrogens is 597 g/mol. The van der Waals surface area contributed by atoms with Crippen molar-refractivity contribution < 1.29 is 10.2 Å². The smallest absolute Gasteiger partial charge is 0.124 e. The molecular formula is C40H54N2O2Si2. The lowest BCUT2D eigenvalue weighted by Crippen LogP contribution is -2.38. The van der Waals surface area contributed by atoms with Crippen molar-refractivity contribution in [1.29, 1.82) is 0 Å². The molecule has 0 saturated heterocycles. The van der Waals surface area contributed by atoms with E-state index >= 15 is 0 Å². The van der Waals surface area contributed by atoms with Crippen LogP contribution in [0.5, 0.6) is 11.5 Å². The molecule has 0 bridgehead atoms. The normalized spacial score (nSPS) is 17.2. The molecule has 6 heteroatoms. The average molecular weight is 651 g/mol. The van der Waals surface area contributed by atoms with Gasteiger partial charge >= 0.3 is 0 Å². The van der Waals surface area contributed by atoms with Crippen LogP contribution in [0.1, 0.15) is 75.3 Å². The van der Waals surface area contributed by atoms with Crippen molar-refractivity contribution in [2.45, 2.75) is 116 Å². The molecule has 2 aliphatic carbocycles. The second kappa shape index (κ2) is 14.7. The topological polar surface area (TPSA) is 65.2 Å². The van der Waals surface area contributed by atoms with E-state index in [0.29, 0.717) is 23.6 Å². The first kappa shape index (κ1) is 34.1. The summed E-state index contributed by atoms with van der Waals surface area (Å²) in [7, 11) is -3.21. The van der Waals surface area contributed by atoms with E-state index in [0.717, 1.165) is 32.3 Å². The average Bonchev–Trinajstić information content (AvgIpc) is 3.03. The first-order valence-corrected chi connectivity index (χ1v) is 24.5. The van der Waals surface area contributed by atoms with Crippen molar-refractivity contribution in [2.75, 3.05) is 0 Å². The van der Waals surface area contributed by atoms with Gasteiger partial charge in [-0.25, -0.2) is 0 Å². The van der Waals surface area contributed by atoms with Crippen LogP contribution in [-0.2, 0) is 0 Å². The van der Waals surface area contributed by atoms with E-state index in [4.69, 9.17) is 9.98 Å². The van der Waals surface area contributed by atoms with E-state index < -0.39 is 16.1 Å². The van der Waals surface area contributed by atoms with E-state index in [1.54, 1.807) is 0 Å². The van der Waals surface area contributed by atoms with Crippen molar-refractivity contribution in [3.8, 4) is 11.5 Å². The van der Waals surface area contributed by atoms with E-state index in [1.807, 2.05) is 24.6 Å². The molecule has 0 amide bonds. The van der Waals surface area contributed by atoms with Crippen LogP contribution in [0.3, 0.4) is 0 Å². The van der Waals surface area contributed by atoms with Gasteiger partial charge in [-0.2, -0.15) is 0 Å². The molecule has 0 heterocycles. The van der Waals surface area contributed by atoms with Crippen molar-refractivity contribution in [1.82, 2.24) is 0 Å². The summed E-state index contributed by atoms with van der Waals surface area (Å²) in [5.41, 5.74) is 1.82. The highest BCUT2D eigenvalue weighted by atomic mass is 28.3. The third-order valence-corrected chi connectivity index (χ3v) is 13.7. The molecule has 2 fully saturated rings. The van der Waals surface area contributed by atoms with E-state index in [2.05, 4.69) is 87.8 Å². The van der Waals surface area contributed by atoms with Crippen LogP contribution in [0.15, 0.2) is 70.6 Å². The summed E-state index contributed by atoms with van der Waals surface area (Å²) < 4.78 is 0. The Morgan fingerprint density at radius 2 is 0.891 bits per heavy atom. The molecule has 0 atom stereocenters. The van der Waals surface area contributed by atoms with Crippen LogP contribution in [-0.4, -0.2) is 50.9 Å². The van der Waals surface area contributed by atoms with Crippen LogP contribution in [0.4, 0.5) is 0 Å². The monoisotopic (exact) mass is 650 g/mol. The summed E-state index contributed by atoms with van der Waals surface area (Å²) >= 11 is 0. The number of phenolic OH excluding ortho intramolecular Hbond substituents is 2. The molecule has 244 valence electrons. The molecule has 2 N–H and O–H groups in total. The second-order valence-corrected chi connectivity index (χ2v) is 25.5. The van der Waals surface area contributed by atoms with Crippen LogP contribution in [0.25, 0.3) is 21.5 Å². The maximum atomic E-state index is 10.9. The Kier molecular flexibility index (Phi) is 10.9. The Balaban J connectivity index is 0.000000181. The fourth-order valence-electron chi connectivity index (χ4n) is 6.95. The summed E-state index contributed by atoms with van der Waals surface area (Å²) in [4.78, 5) is 9.64. The summed E-state index contributed by atoms with van der Waals surface area (Å²) in [6.07, 6.45) is 16.4. The minimum absolute atomic E-state index is 0.428. The molecule has 0 radical (unpaired) electrons. The lowest BCUT2D eigenvalue weighted by atomic mass is 9.96. The van der Waals surface area contributed by atoms with Crippen molar-refractivity contribution >= 4 is 60.5 Å². The van der Waals surface area contributed by atoms with E-state index in [9.17, 15) is 10.2 Å². The molecule has 0 unspecified atom stereocenters. The van der Waals surface area contributed by atoms with Gasteiger partial charge in [0.1, 0.15) is 11.5 Å². The van der Waals surface area contributed by atoms with Crippen LogP contribution < -0.4 is 10.4 Å². The van der Waals surface area contributed by atoms with Crippen LogP contribution >= 0.6 is 0 Å². The van der Waals surface area contributed by atoms with E-state index in [-0.39, 0.29) is 0 Å². The van der Waals surface area contributed by atoms with Gasteiger partial charge in [-0.1, -0.05) is 138 Å². The van der Waals surface area contributed by atoms with Crippen LogP contribution in [0, 0.1) is 0 Å². The number of aliphatic imine (C=N–C) groups is 2. The summed E-state index contributed by atoms with van der Waals surface area (Å²) in [6.45, 7) is 13.7. The van der Waals surface area contributed by atoms with Gasteiger partial charge in [-0.05, 0) is 57.6 Å². The third-order valence-electron chi connectivity index (χ3n) is 9.72. The van der Waals surface area contributed by atoms with E-state index in [1.165, 1.54) is 75.0 Å². The number of benzene rings is 4. The molecule has 2 aliphatic rings. The lowest BCUT2D eigenvalue weighted by molar-refractivity contribution is 0.444. The second-order valence-electron chi connectivity index (χ2n) is 15.5. The van der Waals surface area contributed by atoms with Gasteiger partial charge in [-0.15, -0.1) is 0 Å². The highest BCUT2D eigenvalue weighted by Gasteiger charge is 2.25. The molecule has 0 spiro atoms. The van der Waals surface area contributed by atoms with Gasteiger partial charge in [0.2, 0.25) is 0 Å². The molecule has 0 aliphatic heterocycles. The standard InChI is InChI=1S/2C20H27NOSi/c2*1-23(2,3)19-13-15-9-7-8-12-17(15)18(20(19)22)14-21-16-10-5-4-6-11-16/h2*7-9,12-14,16,22H,4-6,10-11H2,1-3H3. The quantitative estimate of drug-likeness (QED) is 0.161. The number of hydrogen-bond donors (Lipinski definition) is 2. The number of fused-ring (bicyclic) bond motifs is 2. The van der Waals surface area contributed by atoms with Gasteiger partial charge in [0.25, 0.3) is 0 Å². The predicted molar refractivity (Wildman–Crippen MR) is 206 cm³/mol. The highest BCUT2D eigenvalue weighted by Crippen LogP contribution is 2.29. The zero-order valence-electron chi connectivity index (χ0n) is 28.9. The van der Waals surface area contributed by atoms with Crippen molar-refractivity contribution in [3.63, 3.8) is 0 Å². The zero-order valence-corrected chi connectivity index (χ0v) is 30.9. The molecule has 4 nitrogen and oxygen atoms in total. The largest absolute Gasteiger partial charge is 0.507 e. The van der Waals surface area contributed by atoms with Gasteiger partial charge < -0.3 is 10.2 Å². The fourth-order valence-corrected chi connectivity index (χ4v) is 9.82. The van der Waals surface area contributed by atoms with Crippen molar-refractivity contribution in [3.05, 3.63) is 71.8 Å². The summed E-state index contributed by atoms with van der Waals surface area (Å²) in [5.74, 6) is 0.893. The minimum Gasteiger partial charge on any atom is -0.507 e. The van der Waals surface area contributed by atoms with Gasteiger partial charge in [0, 0.05) is 35.6 Å². The molecule has 46 heavy (non-hydrogen) atoms. The number of hydrogen-bond acceptors (Lipinski definition) is 4. The molecule has 6 rings (SSSR count). The van der Waals surface area contributed by atoms with Crippen LogP contribution in [0.2, 0.25) is 39.3 Å². The first-order valence-electron chi connectivity index (χ1n) is 17.5. The Morgan fingerprint density at radius 3 is 1.24 bits per heavy atom. The van der Waals surface area contributed by atoms with Crippen molar-refractivity contribution in [2.24, 2.45) is 9.98 Å². The maximum absolute atomic E-state index is 10.9. The van der Waals surface area contributed by atoms with Gasteiger partial charge in [0.05, 0.1) is 16.1 Å². The zero-order chi connectivity index (χ0) is 32.9. The summed E-state index contributed by atoms with van der Waals surface area (Å²) in [6, 6.07) is 21.9. The fraction of sp³-hybridized carbons (Fsp3) is 0.450. The Labute approximate surface area is 278 Å². The first-order chi connectivity index (χ1) is 21.9. The number of rotatable bonds is 6. The Hall–Kier alpha value is -3.23. The SMILES string of the molecule is C[Si](C)(C)c1cc2ccccc2c(C=NC2CCCCC2)c1O.C[Si](C)(C)c1cc2ccccc2c(C=NC2CCCCC2)c1O. The molecule has 2 saturated carbocycles. The Bertz CT molecular complexity index is 1580. The lowest BCUT2D eigenvalue weighted by Gasteiger charge is -2.21. The summed E-state index contributed by atoms with van der Waals surface area (Å²) in [5, 5.41) is 28.7. The number of nitrogens with zero attached hydrogens (tertiary/aromatic N) is 2. The minimum atomic E-state index is -1.61. The number of phenols is 2. The highest BCUT2D eigenvalue weighted by molar-refractivity contribution is 6.90. The maximum Gasteiger partial charge on any atom is 0.124 e. The molecule has 0 aromatic heterocycles. The van der Waals surface area contributed by atoms with Gasteiger partial charge in [-0.3, -0.25) is 9.98 Å². The molecule has 4 aromatic carbocycles. The molecule has 4 aromatic rings. The predicted octanol–water partition coefficient (Wildman–Crippen LogP) is 9.68. The van der Waals surface area contributed by atoms with Gasteiger partial charge in [0.15, 0.2) is 0 Å². The number of aromatic hydroxyl groups is 2. The Morgan fingerprint density at radius 1 is 0.543 bits per heavy atom. The third kappa shape index (κ3) is 8.18.